The van der Waals surface area contributed by atoms with Crippen LogP contribution in [-0.4, -0.2) is 24.0 Å². The molecule has 0 N–H and O–H groups in total. The quantitative estimate of drug-likeness (QED) is 0.411. The lowest BCUT2D eigenvalue weighted by molar-refractivity contribution is -0.612. The number of hydrogen-bond donors (Lipinski definition) is 0. The van der Waals surface area contributed by atoms with Crippen molar-refractivity contribution in [1.82, 2.24) is 13.7 Å². The summed E-state index contributed by atoms with van der Waals surface area (Å²) in [6.45, 7) is 21.2. The molecule has 1 atom stereocenters. The normalized spacial score (nSPS) is 22.8. The van der Waals surface area contributed by atoms with Gasteiger partial charge in [-0.15, -0.1) is 4.58 Å². The zero-order chi connectivity index (χ0) is 25.3. The molecule has 0 radical (unpaired) electrons. The van der Waals surface area contributed by atoms with Crippen molar-refractivity contribution in [3.63, 3.8) is 0 Å². The van der Waals surface area contributed by atoms with Crippen LogP contribution in [0.15, 0.2) is 54.2 Å². The molecule has 0 amide bonds. The van der Waals surface area contributed by atoms with E-state index in [0.717, 1.165) is 0 Å². The Balaban J connectivity index is 1.74. The summed E-state index contributed by atoms with van der Waals surface area (Å²) in [5.41, 5.74) is 9.64. The molecule has 0 fully saturated rings. The predicted octanol–water partition coefficient (Wildman–Crippen LogP) is 4.92. The van der Waals surface area contributed by atoms with Crippen molar-refractivity contribution >= 4 is 22.4 Å². The average Bonchev–Trinajstić information content (AvgIpc) is 3.52. The van der Waals surface area contributed by atoms with Gasteiger partial charge in [-0.25, -0.2) is 13.7 Å². The van der Waals surface area contributed by atoms with Gasteiger partial charge in [0.25, 0.3) is 0 Å². The second-order valence-corrected chi connectivity index (χ2v) is 14.2. The zero-order valence-electron chi connectivity index (χ0n) is 22.9. The van der Waals surface area contributed by atoms with Crippen LogP contribution in [0.4, 0.5) is 0 Å². The minimum Gasteiger partial charge on any atom is -0.241 e. The zero-order valence-corrected chi connectivity index (χ0v) is 22.9. The molecule has 4 nitrogen and oxygen atoms in total. The van der Waals surface area contributed by atoms with Gasteiger partial charge in [0, 0.05) is 17.7 Å². The molecule has 3 aromatic heterocycles. The Morgan fingerprint density at radius 3 is 1.53 bits per heavy atom. The van der Waals surface area contributed by atoms with Gasteiger partial charge in [-0.1, -0.05) is 62.3 Å². The molecule has 182 valence electrons. The lowest BCUT2D eigenvalue weighted by atomic mass is 9.80. The predicted molar refractivity (Wildman–Crippen MR) is 145 cm³/mol. The van der Waals surface area contributed by atoms with Crippen LogP contribution in [0.5, 0.6) is 0 Å². The standard InChI is InChI=1S/C32H35N4/c1-29(2,3)26-20-12-10-18-19-11-13-21-27(30(4,5)6)23-15-17-25-28(31(7,8)9)24-16-14-22(26)35(24)32(33(18)20,34(19)21)36(23)25/h10-17H,1-9H3/q+1. The maximum absolute atomic E-state index is 2.68. The van der Waals surface area contributed by atoms with Crippen molar-refractivity contribution in [2.24, 2.45) is 16.2 Å². The molecule has 0 bridgehead atoms. The van der Waals surface area contributed by atoms with E-state index in [1.165, 1.54) is 60.9 Å². The van der Waals surface area contributed by atoms with E-state index in [-0.39, 0.29) is 16.2 Å². The lowest BCUT2D eigenvalue weighted by Crippen LogP contribution is -2.67. The number of hydrogen-bond acceptors (Lipinski definition) is 0. The fraction of sp³-hybridized carbons (Fsp3) is 0.406. The maximum Gasteiger partial charge on any atom is 0.430 e. The summed E-state index contributed by atoms with van der Waals surface area (Å²) in [7, 11) is 0. The first-order chi connectivity index (χ1) is 16.8. The third-order valence-electron chi connectivity index (χ3n) is 8.77. The average molecular weight is 476 g/mol. The van der Waals surface area contributed by atoms with E-state index in [1.807, 2.05) is 0 Å². The summed E-state index contributed by atoms with van der Waals surface area (Å²) in [5, 5.41) is 5.30. The fourth-order valence-electron chi connectivity index (χ4n) is 7.91. The van der Waals surface area contributed by atoms with Gasteiger partial charge in [-0.3, -0.25) is 0 Å². The van der Waals surface area contributed by atoms with Gasteiger partial charge in [0.2, 0.25) is 11.4 Å². The number of rotatable bonds is 0. The number of allylic oxidation sites excluding steroid dienone is 3. The van der Waals surface area contributed by atoms with Crippen LogP contribution in [-0.2, 0) is 5.91 Å². The molecule has 36 heavy (non-hydrogen) atoms. The molecule has 0 saturated carbocycles. The SMILES string of the molecule is CC(C)(C)C1=C2C=CC3=[N+]2C24n5c1ccc5C(C(C)(C)C)=c1ccc(n12)=c1ccc(n14)=C3C(C)(C)C. The van der Waals surface area contributed by atoms with Crippen LogP contribution in [0, 0.1) is 26.9 Å². The van der Waals surface area contributed by atoms with Gasteiger partial charge in [-0.05, 0) is 52.6 Å². The topological polar surface area (TPSA) is 17.8 Å². The Morgan fingerprint density at radius 2 is 1.00 bits per heavy atom. The van der Waals surface area contributed by atoms with E-state index < -0.39 is 5.91 Å². The van der Waals surface area contributed by atoms with Crippen LogP contribution in [0.1, 0.15) is 73.7 Å². The van der Waals surface area contributed by atoms with E-state index >= 15 is 0 Å². The van der Waals surface area contributed by atoms with Crippen LogP contribution in [0.3, 0.4) is 0 Å². The van der Waals surface area contributed by atoms with Crippen LogP contribution >= 0.6 is 0 Å². The monoisotopic (exact) mass is 475 g/mol. The Bertz CT molecular complexity index is 1920. The lowest BCUT2D eigenvalue weighted by Gasteiger charge is -2.45. The molecule has 5 aliphatic heterocycles. The van der Waals surface area contributed by atoms with E-state index in [1.54, 1.807) is 0 Å². The van der Waals surface area contributed by atoms with Crippen molar-refractivity contribution < 1.29 is 4.58 Å². The summed E-state index contributed by atoms with van der Waals surface area (Å²) in [4.78, 5) is 0. The molecule has 0 aromatic carbocycles. The minimum atomic E-state index is -0.511. The van der Waals surface area contributed by atoms with E-state index in [2.05, 4.69) is 129 Å². The molecule has 1 spiro atoms. The minimum absolute atomic E-state index is 0.00495. The Kier molecular flexibility index (Phi) is 3.20. The smallest absolute Gasteiger partial charge is 0.241 e. The largest absolute Gasteiger partial charge is 0.430 e. The van der Waals surface area contributed by atoms with Gasteiger partial charge in [0.05, 0.1) is 43.9 Å². The molecule has 5 aliphatic rings. The van der Waals surface area contributed by atoms with Crippen LogP contribution in [0.2, 0.25) is 0 Å². The molecular formula is C32H35N4+. The first-order valence-electron chi connectivity index (χ1n) is 13.3. The highest BCUT2D eigenvalue weighted by Crippen LogP contribution is 2.53. The number of nitrogens with zero attached hydrogens (tertiary/aromatic N) is 4. The first-order valence-corrected chi connectivity index (χ1v) is 13.3. The van der Waals surface area contributed by atoms with Crippen molar-refractivity contribution in [2.45, 2.75) is 68.2 Å². The summed E-state index contributed by atoms with van der Waals surface area (Å²) < 4.78 is 10.7. The number of aromatic nitrogens is 3. The maximum atomic E-state index is 2.68. The Hall–Kier alpha value is -3.27. The second kappa shape index (κ2) is 5.51. The molecule has 3 aromatic rings. The van der Waals surface area contributed by atoms with Gasteiger partial charge in [-0.2, -0.15) is 0 Å². The van der Waals surface area contributed by atoms with Crippen molar-refractivity contribution in [1.29, 1.82) is 0 Å². The summed E-state index contributed by atoms with van der Waals surface area (Å²) in [6.07, 6.45) is 4.78. The second-order valence-electron chi connectivity index (χ2n) is 14.2. The molecule has 8 rings (SSSR count). The van der Waals surface area contributed by atoms with Crippen LogP contribution < -0.4 is 10.7 Å². The third-order valence-corrected chi connectivity index (χ3v) is 8.77. The Labute approximate surface area is 212 Å². The molecule has 8 heterocycles. The van der Waals surface area contributed by atoms with Crippen LogP contribution in [0.25, 0.3) is 16.7 Å². The Morgan fingerprint density at radius 1 is 0.528 bits per heavy atom. The highest BCUT2D eigenvalue weighted by Gasteiger charge is 2.65. The molecule has 0 saturated heterocycles. The molecular weight excluding hydrogens is 440 g/mol. The van der Waals surface area contributed by atoms with Gasteiger partial charge < -0.3 is 0 Å². The van der Waals surface area contributed by atoms with Gasteiger partial charge >= 0.3 is 5.91 Å². The summed E-state index contributed by atoms with van der Waals surface area (Å²) >= 11 is 0. The summed E-state index contributed by atoms with van der Waals surface area (Å²) in [6, 6.07) is 14.2. The molecule has 1 unspecified atom stereocenters. The molecule has 0 aliphatic carbocycles. The first kappa shape index (κ1) is 20.9. The van der Waals surface area contributed by atoms with E-state index in [0.29, 0.717) is 0 Å². The van der Waals surface area contributed by atoms with E-state index in [9.17, 15) is 0 Å². The van der Waals surface area contributed by atoms with Crippen molar-refractivity contribution in [3.05, 3.63) is 87.0 Å². The van der Waals surface area contributed by atoms with E-state index in [4.69, 9.17) is 0 Å². The van der Waals surface area contributed by atoms with Crippen molar-refractivity contribution in [3.8, 4) is 0 Å². The molecule has 4 heteroatoms. The highest BCUT2D eigenvalue weighted by molar-refractivity contribution is 6.24. The summed E-state index contributed by atoms with van der Waals surface area (Å²) in [5.74, 6) is -0.511. The third kappa shape index (κ3) is 1.93. The fourth-order valence-corrected chi connectivity index (χ4v) is 7.91. The highest BCUT2D eigenvalue weighted by atomic mass is 15.6. The van der Waals surface area contributed by atoms with Gasteiger partial charge in [0.15, 0.2) is 0 Å². The van der Waals surface area contributed by atoms with Gasteiger partial charge in [0.1, 0.15) is 0 Å². The van der Waals surface area contributed by atoms with Crippen molar-refractivity contribution in [2.75, 3.05) is 0 Å².